The summed E-state index contributed by atoms with van der Waals surface area (Å²) in [5.74, 6) is 0.919. The van der Waals surface area contributed by atoms with Crippen LogP contribution >= 0.6 is 9.12 Å². The second-order valence-corrected chi connectivity index (χ2v) is 6.73. The van der Waals surface area contributed by atoms with Crippen molar-refractivity contribution >= 4 is 16.7 Å². The molecule has 0 amide bonds. The van der Waals surface area contributed by atoms with Gasteiger partial charge >= 0.3 is 0 Å². The van der Waals surface area contributed by atoms with Crippen LogP contribution in [0.4, 0.5) is 0 Å². The Morgan fingerprint density at radius 2 is 0.846 bits per heavy atom. The molecule has 4 rings (SSSR count). The Kier molecular flexibility index (Phi) is 54.9. The van der Waals surface area contributed by atoms with Gasteiger partial charge in [-0.05, 0) is 23.3 Å². The zero-order chi connectivity index (χ0) is 31.2. The van der Waals surface area contributed by atoms with E-state index >= 15 is 0 Å². The van der Waals surface area contributed by atoms with Crippen LogP contribution in [0, 0.1) is 0 Å². The number of epoxide rings is 1. The molecule has 2 atom stereocenters. The molecule has 2 nitrogen and oxygen atoms in total. The van der Waals surface area contributed by atoms with E-state index in [1.165, 1.54) is 24.0 Å². The van der Waals surface area contributed by atoms with E-state index < -0.39 is 0 Å². The first kappa shape index (κ1) is 46.7. The van der Waals surface area contributed by atoms with Crippen LogP contribution in [-0.2, 0) is 4.74 Å². The Balaban J connectivity index is -0.000000131. The number of para-hydroxylation sites is 1. The topological polar surface area (TPSA) is 21.8 Å². The maximum absolute atomic E-state index is 5.40. The summed E-state index contributed by atoms with van der Waals surface area (Å²) in [7, 11) is 6.33. The molecule has 2 unspecified atom stereocenters. The highest BCUT2D eigenvalue weighted by molar-refractivity contribution is 7.49. The molecular weight excluding hydrogens is 494 g/mol. The molecule has 0 aliphatic carbocycles. The van der Waals surface area contributed by atoms with Crippen molar-refractivity contribution in [2.24, 2.45) is 0 Å². The number of benzene rings is 3. The van der Waals surface area contributed by atoms with E-state index in [0.29, 0.717) is 12.7 Å². The molecule has 1 fully saturated rings. The molecule has 222 valence electrons. The van der Waals surface area contributed by atoms with E-state index in [4.69, 9.17) is 9.47 Å². The zero-order valence-corrected chi connectivity index (χ0v) is 28.7. The normalized spacial score (nSPS) is 10.6. The van der Waals surface area contributed by atoms with Crippen molar-refractivity contribution in [3.05, 3.63) is 91.0 Å². The standard InChI is InChI=1S/C12H10.C9H10O2.2C3H8.4C2H6.BH2P/c1-3-7-11(8-4-1)12-9-5-2-6-10-12;1-2-4-8(5-3-1)10-6-9-7-11-9;2*1-3-2;5*1-2/h1-10H;1-5,9H,6-7H2;2*3H2,1-2H3;4*1-2H3;2H2. The van der Waals surface area contributed by atoms with Gasteiger partial charge in [-0.2, -0.15) is 9.12 Å². The van der Waals surface area contributed by atoms with Gasteiger partial charge in [0.05, 0.1) is 14.2 Å². The highest BCUT2D eigenvalue weighted by Gasteiger charge is 2.22. The van der Waals surface area contributed by atoms with E-state index in [1.54, 1.807) is 0 Å². The van der Waals surface area contributed by atoms with Gasteiger partial charge in [0.25, 0.3) is 0 Å². The summed E-state index contributed by atoms with van der Waals surface area (Å²) >= 11 is 0. The van der Waals surface area contributed by atoms with Crippen molar-refractivity contribution in [1.82, 2.24) is 0 Å². The molecule has 3 aromatic rings. The largest absolute Gasteiger partial charge is 0.491 e. The molecule has 0 aromatic heterocycles. The first-order chi connectivity index (χ1) is 19.2. The highest BCUT2D eigenvalue weighted by atomic mass is 31.0. The molecule has 1 saturated heterocycles. The lowest BCUT2D eigenvalue weighted by Gasteiger charge is -2.01. The van der Waals surface area contributed by atoms with Crippen LogP contribution < -0.4 is 4.74 Å². The van der Waals surface area contributed by atoms with Crippen molar-refractivity contribution in [2.75, 3.05) is 13.2 Å². The van der Waals surface area contributed by atoms with Crippen LogP contribution in [0.15, 0.2) is 91.0 Å². The van der Waals surface area contributed by atoms with Gasteiger partial charge in [0.2, 0.25) is 0 Å². The van der Waals surface area contributed by atoms with Gasteiger partial charge in [-0.15, -0.1) is 0 Å². The van der Waals surface area contributed by atoms with Gasteiger partial charge < -0.3 is 9.47 Å². The molecule has 4 heteroatoms. The van der Waals surface area contributed by atoms with Crippen molar-refractivity contribution in [2.45, 2.75) is 102 Å². The lowest BCUT2D eigenvalue weighted by atomic mass is 10.1. The minimum Gasteiger partial charge on any atom is -0.491 e. The van der Waals surface area contributed by atoms with E-state index in [0.717, 1.165) is 12.4 Å². The molecule has 39 heavy (non-hydrogen) atoms. The molecule has 0 saturated carbocycles. The smallest absolute Gasteiger partial charge is 0.119 e. The molecule has 2 radical (unpaired) electrons. The lowest BCUT2D eigenvalue weighted by molar-refractivity contribution is 0.263. The zero-order valence-electron chi connectivity index (χ0n) is 27.5. The number of ether oxygens (including phenoxy) is 2. The van der Waals surface area contributed by atoms with E-state index in [9.17, 15) is 0 Å². The second-order valence-electron chi connectivity index (χ2n) is 6.73. The molecular formula is C35H62BO2P. The van der Waals surface area contributed by atoms with Gasteiger partial charge in [-0.3, -0.25) is 0 Å². The van der Waals surface area contributed by atoms with Crippen LogP contribution in [-0.4, -0.2) is 26.9 Å². The SMILES string of the molecule is CC.CC.CC.CC.CCC.CCC.[B]P.c1ccc(-c2ccccc2)cc1.c1ccc(OCC2CO2)cc1. The van der Waals surface area contributed by atoms with Gasteiger partial charge in [0.1, 0.15) is 18.5 Å². The summed E-state index contributed by atoms with van der Waals surface area (Å²) in [6, 6.07) is 30.6. The van der Waals surface area contributed by atoms with Crippen LogP contribution in [0.5, 0.6) is 5.75 Å². The maximum atomic E-state index is 5.40. The van der Waals surface area contributed by atoms with E-state index in [2.05, 4.69) is 83.8 Å². The van der Waals surface area contributed by atoms with Crippen LogP contribution in [0.2, 0.25) is 0 Å². The Morgan fingerprint density at radius 3 is 1.10 bits per heavy atom. The van der Waals surface area contributed by atoms with Gasteiger partial charge in [-0.25, -0.2) is 0 Å². The fourth-order valence-electron chi connectivity index (χ4n) is 2.13. The Hall–Kier alpha value is -2.09. The molecule has 1 aliphatic heterocycles. The fraction of sp³-hybridized carbons (Fsp3) is 0.486. The predicted molar refractivity (Wildman–Crippen MR) is 186 cm³/mol. The number of hydrogen-bond donors (Lipinski definition) is 0. The average molecular weight is 557 g/mol. The molecule has 0 bridgehead atoms. The second kappa shape index (κ2) is 45.8. The summed E-state index contributed by atoms with van der Waals surface area (Å²) in [4.78, 5) is 0. The average Bonchev–Trinajstić information content (AvgIpc) is 3.89. The van der Waals surface area contributed by atoms with E-state index in [1.807, 2.05) is 107 Å². The third-order valence-corrected chi connectivity index (χ3v) is 3.46. The van der Waals surface area contributed by atoms with Crippen LogP contribution in [0.1, 0.15) is 95.9 Å². The van der Waals surface area contributed by atoms with Crippen molar-refractivity contribution in [1.29, 1.82) is 0 Å². The van der Waals surface area contributed by atoms with Crippen LogP contribution in [0.3, 0.4) is 0 Å². The lowest BCUT2D eigenvalue weighted by Crippen LogP contribution is -2.03. The maximum Gasteiger partial charge on any atom is 0.119 e. The third kappa shape index (κ3) is 35.9. The van der Waals surface area contributed by atoms with Gasteiger partial charge in [-0.1, -0.05) is 175 Å². The first-order valence-electron chi connectivity index (χ1n) is 15.0. The minimum absolute atomic E-state index is 0.343. The number of rotatable bonds is 4. The highest BCUT2D eigenvalue weighted by Crippen LogP contribution is 2.17. The molecule has 3 aromatic carbocycles. The van der Waals surface area contributed by atoms with Gasteiger partial charge in [0, 0.05) is 0 Å². The first-order valence-corrected chi connectivity index (χ1v) is 15.6. The molecule has 1 aliphatic rings. The van der Waals surface area contributed by atoms with Crippen LogP contribution in [0.25, 0.3) is 11.1 Å². The molecule has 0 spiro atoms. The Labute approximate surface area is 248 Å². The number of hydrogen-bond acceptors (Lipinski definition) is 2. The van der Waals surface area contributed by atoms with Crippen molar-refractivity contribution < 1.29 is 9.47 Å². The van der Waals surface area contributed by atoms with Gasteiger partial charge in [0.15, 0.2) is 0 Å². The third-order valence-electron chi connectivity index (χ3n) is 3.46. The predicted octanol–water partition coefficient (Wildman–Crippen LogP) is 11.7. The monoisotopic (exact) mass is 556 g/mol. The Bertz CT molecular complexity index is 682. The van der Waals surface area contributed by atoms with Crippen molar-refractivity contribution in [3.63, 3.8) is 0 Å². The summed E-state index contributed by atoms with van der Waals surface area (Å²) in [6.07, 6.45) is 2.84. The van der Waals surface area contributed by atoms with E-state index in [-0.39, 0.29) is 0 Å². The fourth-order valence-corrected chi connectivity index (χ4v) is 2.13. The molecule has 0 N–H and O–H groups in total. The summed E-state index contributed by atoms with van der Waals surface area (Å²) < 4.78 is 10.4. The summed E-state index contributed by atoms with van der Waals surface area (Å²) in [5, 5.41) is 0. The summed E-state index contributed by atoms with van der Waals surface area (Å²) in [5.41, 5.74) is 2.55. The molecule has 1 heterocycles. The van der Waals surface area contributed by atoms with Crippen molar-refractivity contribution in [3.8, 4) is 16.9 Å². The summed E-state index contributed by atoms with van der Waals surface area (Å²) in [6.45, 7) is 26.0. The minimum atomic E-state index is 0.343. The Morgan fingerprint density at radius 1 is 0.590 bits per heavy atom. The quantitative estimate of drug-likeness (QED) is 0.181.